The maximum atomic E-state index is 5.85. The summed E-state index contributed by atoms with van der Waals surface area (Å²) in [7, 11) is 4.08. The lowest BCUT2D eigenvalue weighted by Crippen LogP contribution is -2.03. The molecule has 1 heterocycles. The van der Waals surface area contributed by atoms with Gasteiger partial charge in [0.2, 0.25) is 0 Å². The van der Waals surface area contributed by atoms with Gasteiger partial charge in [0.1, 0.15) is 11.5 Å². The van der Waals surface area contributed by atoms with Gasteiger partial charge in [-0.2, -0.15) is 0 Å². The molecule has 2 aromatic carbocycles. The van der Waals surface area contributed by atoms with Crippen LogP contribution in [0.4, 0.5) is 5.69 Å². The van der Waals surface area contributed by atoms with Crippen LogP contribution in [0.3, 0.4) is 0 Å². The number of fused-ring (bicyclic) bond motifs is 1. The Bertz CT molecular complexity index is 633. The van der Waals surface area contributed by atoms with Crippen LogP contribution in [0.25, 0.3) is 5.57 Å². The molecule has 0 unspecified atom stereocenters. The van der Waals surface area contributed by atoms with Gasteiger partial charge in [0.25, 0.3) is 0 Å². The van der Waals surface area contributed by atoms with E-state index < -0.39 is 0 Å². The van der Waals surface area contributed by atoms with Crippen LogP contribution >= 0.6 is 0 Å². The van der Waals surface area contributed by atoms with Crippen LogP contribution in [-0.2, 0) is 0 Å². The summed E-state index contributed by atoms with van der Waals surface area (Å²) in [4.78, 5) is 2.07. The molecule has 0 saturated heterocycles. The minimum Gasteiger partial charge on any atom is -0.457 e. The van der Waals surface area contributed by atoms with Crippen molar-refractivity contribution >= 4 is 11.3 Å². The summed E-state index contributed by atoms with van der Waals surface area (Å²) in [5.74, 6) is 1.71. The van der Waals surface area contributed by atoms with Gasteiger partial charge in [-0.05, 0) is 29.8 Å². The van der Waals surface area contributed by atoms with Crippen molar-refractivity contribution in [2.45, 2.75) is 0 Å². The maximum absolute atomic E-state index is 5.85. The van der Waals surface area contributed by atoms with E-state index in [2.05, 4.69) is 28.5 Å². The molecular weight excluding hydrogens is 248 g/mol. The van der Waals surface area contributed by atoms with E-state index in [0.29, 0.717) is 0 Å². The van der Waals surface area contributed by atoms with Crippen LogP contribution in [0.2, 0.25) is 0 Å². The predicted molar refractivity (Wildman–Crippen MR) is 83.1 cm³/mol. The number of ether oxygens (including phenoxy) is 1. The van der Waals surface area contributed by atoms with Crippen molar-refractivity contribution in [2.24, 2.45) is 0 Å². The zero-order valence-electron chi connectivity index (χ0n) is 11.8. The molecule has 102 valence electrons. The summed E-state index contributed by atoms with van der Waals surface area (Å²) in [5.41, 5.74) is 3.68. The molecule has 20 heavy (non-hydrogen) atoms. The number of hydrogen-bond donors (Lipinski definition) is 1. The zero-order valence-corrected chi connectivity index (χ0v) is 11.8. The second-order valence-corrected chi connectivity index (χ2v) is 5.09. The molecule has 0 atom stereocenters. The summed E-state index contributed by atoms with van der Waals surface area (Å²) in [5, 5.41) is 3.41. The van der Waals surface area contributed by atoms with Crippen LogP contribution in [0.1, 0.15) is 5.56 Å². The first-order valence-electron chi connectivity index (χ1n) is 6.71. The molecule has 3 heteroatoms. The highest BCUT2D eigenvalue weighted by atomic mass is 16.5. The minimum absolute atomic E-state index is 0.855. The first-order valence-corrected chi connectivity index (χ1v) is 6.71. The molecule has 0 aromatic heterocycles. The van der Waals surface area contributed by atoms with Crippen molar-refractivity contribution in [2.75, 3.05) is 26.0 Å². The Kier molecular flexibility index (Phi) is 3.33. The monoisotopic (exact) mass is 266 g/mol. The maximum Gasteiger partial charge on any atom is 0.129 e. The SMILES string of the molecule is CN(C)C=C1CNc2cc(Oc3ccccc3)ccc21. The number of hydrogen-bond acceptors (Lipinski definition) is 3. The molecule has 1 aliphatic heterocycles. The number of rotatable bonds is 3. The minimum atomic E-state index is 0.855. The Balaban J connectivity index is 1.85. The Hall–Kier alpha value is -2.42. The fourth-order valence-electron chi connectivity index (χ4n) is 2.35. The fourth-order valence-corrected chi connectivity index (χ4v) is 2.35. The first-order chi connectivity index (χ1) is 9.72. The lowest BCUT2D eigenvalue weighted by atomic mass is 10.1. The standard InChI is InChI=1S/C17H18N2O/c1-19(2)12-13-11-18-17-10-15(8-9-16(13)17)20-14-6-4-3-5-7-14/h3-10,12,18H,11H2,1-2H3. The highest BCUT2D eigenvalue weighted by Crippen LogP contribution is 2.35. The third-order valence-corrected chi connectivity index (χ3v) is 3.20. The Labute approximate surface area is 119 Å². The molecule has 3 nitrogen and oxygen atoms in total. The lowest BCUT2D eigenvalue weighted by Gasteiger charge is -2.09. The van der Waals surface area contributed by atoms with Crippen LogP contribution in [0.5, 0.6) is 11.5 Å². The Morgan fingerprint density at radius 1 is 1.05 bits per heavy atom. The third-order valence-electron chi connectivity index (χ3n) is 3.20. The zero-order chi connectivity index (χ0) is 13.9. The molecule has 0 aliphatic carbocycles. The molecule has 0 saturated carbocycles. The Morgan fingerprint density at radius 2 is 1.85 bits per heavy atom. The topological polar surface area (TPSA) is 24.5 Å². The molecule has 2 aromatic rings. The highest BCUT2D eigenvalue weighted by Gasteiger charge is 2.16. The highest BCUT2D eigenvalue weighted by molar-refractivity contribution is 5.84. The van der Waals surface area contributed by atoms with Gasteiger partial charge in [-0.1, -0.05) is 18.2 Å². The quantitative estimate of drug-likeness (QED) is 0.914. The number of benzene rings is 2. The summed E-state index contributed by atoms with van der Waals surface area (Å²) in [6, 6.07) is 16.0. The molecule has 3 rings (SSSR count). The number of anilines is 1. The van der Waals surface area contributed by atoms with Gasteiger partial charge < -0.3 is 15.0 Å². The molecule has 1 aliphatic rings. The van der Waals surface area contributed by atoms with Crippen molar-refractivity contribution in [3.05, 3.63) is 60.3 Å². The normalized spacial score (nSPS) is 14.8. The van der Waals surface area contributed by atoms with E-state index in [4.69, 9.17) is 4.74 Å². The smallest absolute Gasteiger partial charge is 0.129 e. The van der Waals surface area contributed by atoms with Gasteiger partial charge in [0.05, 0.1) is 0 Å². The third kappa shape index (κ3) is 2.62. The lowest BCUT2D eigenvalue weighted by molar-refractivity contribution is 0.483. The molecule has 0 bridgehead atoms. The van der Waals surface area contributed by atoms with Crippen molar-refractivity contribution in [1.29, 1.82) is 0 Å². The largest absolute Gasteiger partial charge is 0.457 e. The molecule has 1 N–H and O–H groups in total. The van der Waals surface area contributed by atoms with Crippen molar-refractivity contribution in [1.82, 2.24) is 4.90 Å². The van der Waals surface area contributed by atoms with Gasteiger partial charge in [-0.15, -0.1) is 0 Å². The van der Waals surface area contributed by atoms with Crippen molar-refractivity contribution < 1.29 is 4.74 Å². The van der Waals surface area contributed by atoms with E-state index in [1.807, 2.05) is 50.5 Å². The number of nitrogens with zero attached hydrogens (tertiary/aromatic N) is 1. The van der Waals surface area contributed by atoms with Gasteiger partial charge in [-0.3, -0.25) is 0 Å². The van der Waals surface area contributed by atoms with E-state index >= 15 is 0 Å². The fraction of sp³-hybridized carbons (Fsp3) is 0.176. The average Bonchev–Trinajstić information content (AvgIpc) is 2.82. The molecule has 0 radical (unpaired) electrons. The van der Waals surface area contributed by atoms with Crippen molar-refractivity contribution in [3.8, 4) is 11.5 Å². The first kappa shape index (κ1) is 12.6. The predicted octanol–water partition coefficient (Wildman–Crippen LogP) is 3.81. The van der Waals surface area contributed by atoms with Gasteiger partial charge in [0.15, 0.2) is 0 Å². The summed E-state index contributed by atoms with van der Waals surface area (Å²) >= 11 is 0. The van der Waals surface area contributed by atoms with Crippen LogP contribution in [0.15, 0.2) is 54.7 Å². The average molecular weight is 266 g/mol. The summed E-state index contributed by atoms with van der Waals surface area (Å²) < 4.78 is 5.85. The van der Waals surface area contributed by atoms with Crippen molar-refractivity contribution in [3.63, 3.8) is 0 Å². The molecule has 0 amide bonds. The van der Waals surface area contributed by atoms with E-state index in [-0.39, 0.29) is 0 Å². The second-order valence-electron chi connectivity index (χ2n) is 5.09. The molecule has 0 spiro atoms. The van der Waals surface area contributed by atoms with E-state index in [9.17, 15) is 0 Å². The number of para-hydroxylation sites is 1. The van der Waals surface area contributed by atoms with Crippen LogP contribution in [0, 0.1) is 0 Å². The van der Waals surface area contributed by atoms with Crippen LogP contribution in [-0.4, -0.2) is 25.5 Å². The van der Waals surface area contributed by atoms with E-state index in [0.717, 1.165) is 23.7 Å². The number of nitrogens with one attached hydrogen (secondary N) is 1. The van der Waals surface area contributed by atoms with E-state index in [1.54, 1.807) is 0 Å². The summed E-state index contributed by atoms with van der Waals surface area (Å²) in [6.07, 6.45) is 2.15. The second kappa shape index (κ2) is 5.29. The van der Waals surface area contributed by atoms with Gasteiger partial charge in [0, 0.05) is 44.2 Å². The Morgan fingerprint density at radius 3 is 2.60 bits per heavy atom. The van der Waals surface area contributed by atoms with Gasteiger partial charge in [-0.25, -0.2) is 0 Å². The molecule has 0 fully saturated rings. The van der Waals surface area contributed by atoms with Gasteiger partial charge >= 0.3 is 0 Å². The summed E-state index contributed by atoms with van der Waals surface area (Å²) in [6.45, 7) is 0.863. The molecular formula is C17H18N2O. The van der Waals surface area contributed by atoms with Crippen LogP contribution < -0.4 is 10.1 Å². The van der Waals surface area contributed by atoms with E-state index in [1.165, 1.54) is 11.1 Å².